The molecule has 0 unspecified atom stereocenters. The molecule has 0 spiro atoms. The standard InChI is InChI=1S/C12H10ClFN2O2/c13-10-2-1-3-11(14)9(10)6-16-5-8(15-7-16)4-12(17)18/h1-3,5,7H,4,6H2,(H,17,18). The number of hydrogen-bond donors (Lipinski definition) is 1. The van der Waals surface area contributed by atoms with Crippen molar-refractivity contribution in [3.05, 3.63) is 52.8 Å². The van der Waals surface area contributed by atoms with Crippen LogP contribution in [-0.4, -0.2) is 20.6 Å². The molecule has 94 valence electrons. The minimum absolute atomic E-state index is 0.155. The first kappa shape index (κ1) is 12.6. The van der Waals surface area contributed by atoms with Crippen LogP contribution in [0.15, 0.2) is 30.7 Å². The fourth-order valence-electron chi connectivity index (χ4n) is 1.61. The number of halogens is 2. The van der Waals surface area contributed by atoms with Gasteiger partial charge in [-0.3, -0.25) is 4.79 Å². The highest BCUT2D eigenvalue weighted by Crippen LogP contribution is 2.20. The number of carbonyl (C=O) groups is 1. The van der Waals surface area contributed by atoms with Crippen LogP contribution in [0, 0.1) is 5.82 Å². The summed E-state index contributed by atoms with van der Waals surface area (Å²) in [6, 6.07) is 4.47. The quantitative estimate of drug-likeness (QED) is 0.926. The van der Waals surface area contributed by atoms with Crippen molar-refractivity contribution in [2.75, 3.05) is 0 Å². The van der Waals surface area contributed by atoms with Crippen LogP contribution in [-0.2, 0) is 17.8 Å². The lowest BCUT2D eigenvalue weighted by Gasteiger charge is -2.06. The van der Waals surface area contributed by atoms with Crippen LogP contribution in [0.4, 0.5) is 4.39 Å². The monoisotopic (exact) mass is 268 g/mol. The van der Waals surface area contributed by atoms with Crippen LogP contribution >= 0.6 is 11.6 Å². The summed E-state index contributed by atoms with van der Waals surface area (Å²) in [5.41, 5.74) is 0.786. The average Bonchev–Trinajstić information content (AvgIpc) is 2.70. The summed E-state index contributed by atoms with van der Waals surface area (Å²) in [6.45, 7) is 0.220. The van der Waals surface area contributed by atoms with E-state index in [0.717, 1.165) is 0 Å². The van der Waals surface area contributed by atoms with Gasteiger partial charge in [-0.1, -0.05) is 17.7 Å². The fraction of sp³-hybridized carbons (Fsp3) is 0.167. The number of nitrogens with zero attached hydrogens (tertiary/aromatic N) is 2. The molecule has 0 aliphatic carbocycles. The van der Waals surface area contributed by atoms with Crippen molar-refractivity contribution < 1.29 is 14.3 Å². The van der Waals surface area contributed by atoms with Gasteiger partial charge in [0, 0.05) is 16.8 Å². The molecule has 0 atom stereocenters. The van der Waals surface area contributed by atoms with E-state index in [0.29, 0.717) is 16.3 Å². The molecule has 0 bridgehead atoms. The number of carboxylic acids is 1. The van der Waals surface area contributed by atoms with E-state index in [4.69, 9.17) is 16.7 Å². The van der Waals surface area contributed by atoms with Crippen molar-refractivity contribution in [1.29, 1.82) is 0 Å². The second-order valence-electron chi connectivity index (χ2n) is 3.81. The summed E-state index contributed by atoms with van der Waals surface area (Å²) < 4.78 is 15.1. The van der Waals surface area contributed by atoms with Gasteiger partial charge >= 0.3 is 5.97 Å². The maximum Gasteiger partial charge on any atom is 0.309 e. The van der Waals surface area contributed by atoms with Gasteiger partial charge in [0.05, 0.1) is 25.0 Å². The Bertz CT molecular complexity index is 563. The molecule has 1 N–H and O–H groups in total. The van der Waals surface area contributed by atoms with Crippen molar-refractivity contribution in [2.24, 2.45) is 0 Å². The molecular formula is C12H10ClFN2O2. The first-order chi connectivity index (χ1) is 8.56. The lowest BCUT2D eigenvalue weighted by Crippen LogP contribution is -2.02. The summed E-state index contributed by atoms with van der Waals surface area (Å²) in [5.74, 6) is -1.35. The fourth-order valence-corrected chi connectivity index (χ4v) is 1.83. The van der Waals surface area contributed by atoms with Gasteiger partial charge in [0.15, 0.2) is 0 Å². The molecule has 1 aromatic carbocycles. The Morgan fingerprint density at radius 2 is 2.28 bits per heavy atom. The zero-order valence-electron chi connectivity index (χ0n) is 9.31. The number of rotatable bonds is 4. The van der Waals surface area contributed by atoms with Crippen molar-refractivity contribution in [1.82, 2.24) is 9.55 Å². The molecule has 0 aliphatic heterocycles. The van der Waals surface area contributed by atoms with E-state index in [1.165, 1.54) is 18.5 Å². The Hall–Kier alpha value is -1.88. The largest absolute Gasteiger partial charge is 0.481 e. The Morgan fingerprint density at radius 1 is 1.50 bits per heavy atom. The van der Waals surface area contributed by atoms with Crippen LogP contribution in [0.3, 0.4) is 0 Å². The van der Waals surface area contributed by atoms with Gasteiger partial charge in [-0.05, 0) is 12.1 Å². The second kappa shape index (κ2) is 5.18. The maximum atomic E-state index is 13.5. The van der Waals surface area contributed by atoms with Crippen molar-refractivity contribution in [3.8, 4) is 0 Å². The van der Waals surface area contributed by atoms with E-state index in [9.17, 15) is 9.18 Å². The molecule has 0 aliphatic rings. The van der Waals surface area contributed by atoms with Crippen molar-refractivity contribution in [3.63, 3.8) is 0 Å². The van der Waals surface area contributed by atoms with E-state index in [2.05, 4.69) is 4.98 Å². The second-order valence-corrected chi connectivity index (χ2v) is 4.22. The molecule has 2 rings (SSSR count). The summed E-state index contributed by atoms with van der Waals surface area (Å²) in [5, 5.41) is 8.96. The van der Waals surface area contributed by atoms with E-state index in [-0.39, 0.29) is 13.0 Å². The molecule has 1 heterocycles. The van der Waals surface area contributed by atoms with Gasteiger partial charge < -0.3 is 9.67 Å². The molecule has 1 aromatic heterocycles. The normalized spacial score (nSPS) is 10.6. The van der Waals surface area contributed by atoms with Crippen LogP contribution in [0.25, 0.3) is 0 Å². The SMILES string of the molecule is O=C(O)Cc1cn(Cc2c(F)cccc2Cl)cn1. The lowest BCUT2D eigenvalue weighted by molar-refractivity contribution is -0.136. The Kier molecular flexibility index (Phi) is 3.62. The highest BCUT2D eigenvalue weighted by atomic mass is 35.5. The van der Waals surface area contributed by atoms with Gasteiger partial charge in [-0.15, -0.1) is 0 Å². The van der Waals surface area contributed by atoms with Crippen LogP contribution in [0.1, 0.15) is 11.3 Å². The van der Waals surface area contributed by atoms with Gasteiger partial charge in [-0.25, -0.2) is 9.37 Å². The summed E-state index contributed by atoms with van der Waals surface area (Å²) in [7, 11) is 0. The molecule has 0 radical (unpaired) electrons. The number of benzene rings is 1. The summed E-state index contributed by atoms with van der Waals surface area (Å²) in [4.78, 5) is 14.4. The topological polar surface area (TPSA) is 55.1 Å². The van der Waals surface area contributed by atoms with Gasteiger partial charge in [0.1, 0.15) is 5.82 Å². The Labute approximate surface area is 108 Å². The molecule has 2 aromatic rings. The number of aromatic nitrogens is 2. The van der Waals surface area contributed by atoms with Crippen LogP contribution in [0.5, 0.6) is 0 Å². The number of hydrogen-bond acceptors (Lipinski definition) is 2. The van der Waals surface area contributed by atoms with E-state index in [1.54, 1.807) is 16.8 Å². The molecular weight excluding hydrogens is 259 g/mol. The molecule has 4 nitrogen and oxygen atoms in total. The van der Waals surface area contributed by atoms with Crippen molar-refractivity contribution >= 4 is 17.6 Å². The van der Waals surface area contributed by atoms with Gasteiger partial charge in [0.25, 0.3) is 0 Å². The summed E-state index contributed by atoms with van der Waals surface area (Å²) in [6.07, 6.45) is 2.87. The molecule has 0 saturated heterocycles. The Morgan fingerprint density at radius 3 is 2.94 bits per heavy atom. The smallest absolute Gasteiger partial charge is 0.309 e. The Balaban J connectivity index is 2.19. The minimum atomic E-state index is -0.954. The number of carboxylic acid groups (broad SMARTS) is 1. The molecule has 0 saturated carbocycles. The molecule has 18 heavy (non-hydrogen) atoms. The predicted molar refractivity (Wildman–Crippen MR) is 64.1 cm³/mol. The van der Waals surface area contributed by atoms with Gasteiger partial charge in [-0.2, -0.15) is 0 Å². The molecule has 6 heteroatoms. The third-order valence-corrected chi connectivity index (χ3v) is 2.78. The van der Waals surface area contributed by atoms with Crippen molar-refractivity contribution in [2.45, 2.75) is 13.0 Å². The zero-order valence-corrected chi connectivity index (χ0v) is 10.1. The average molecular weight is 269 g/mol. The number of imidazole rings is 1. The first-order valence-electron chi connectivity index (χ1n) is 5.21. The highest BCUT2D eigenvalue weighted by Gasteiger charge is 2.09. The molecule has 0 amide bonds. The highest BCUT2D eigenvalue weighted by molar-refractivity contribution is 6.31. The minimum Gasteiger partial charge on any atom is -0.481 e. The maximum absolute atomic E-state index is 13.5. The predicted octanol–water partition coefficient (Wildman–Crippen LogP) is 2.35. The summed E-state index contributed by atoms with van der Waals surface area (Å²) >= 11 is 5.90. The van der Waals surface area contributed by atoms with Crippen LogP contribution < -0.4 is 0 Å². The third-order valence-electron chi connectivity index (χ3n) is 2.42. The zero-order chi connectivity index (χ0) is 13.1. The van der Waals surface area contributed by atoms with E-state index in [1.807, 2.05) is 0 Å². The van der Waals surface area contributed by atoms with Crippen LogP contribution in [0.2, 0.25) is 5.02 Å². The van der Waals surface area contributed by atoms with E-state index >= 15 is 0 Å². The third kappa shape index (κ3) is 2.87. The number of aliphatic carboxylic acids is 1. The van der Waals surface area contributed by atoms with E-state index < -0.39 is 11.8 Å². The lowest BCUT2D eigenvalue weighted by atomic mass is 10.2. The first-order valence-corrected chi connectivity index (χ1v) is 5.59. The molecule has 0 fully saturated rings. The van der Waals surface area contributed by atoms with Gasteiger partial charge in [0.2, 0.25) is 0 Å².